The SMILES string of the molecule is CC(C)C(=O)NC1CCS(=O)(=O)C1. The molecule has 0 aromatic heterocycles. The van der Waals surface area contributed by atoms with Gasteiger partial charge < -0.3 is 5.32 Å². The summed E-state index contributed by atoms with van der Waals surface area (Å²) in [4.78, 5) is 11.2. The van der Waals surface area contributed by atoms with E-state index in [4.69, 9.17) is 0 Å². The van der Waals surface area contributed by atoms with E-state index in [0.717, 1.165) is 0 Å². The summed E-state index contributed by atoms with van der Waals surface area (Å²) in [6.07, 6.45) is 0.556. The second-order valence-electron chi connectivity index (χ2n) is 3.76. The van der Waals surface area contributed by atoms with E-state index >= 15 is 0 Å². The zero-order valence-electron chi connectivity index (χ0n) is 7.91. The third-order valence-corrected chi connectivity index (χ3v) is 3.87. The first-order valence-corrected chi connectivity index (χ1v) is 6.23. The van der Waals surface area contributed by atoms with E-state index in [2.05, 4.69) is 5.32 Å². The highest BCUT2D eigenvalue weighted by Gasteiger charge is 2.29. The average Bonchev–Trinajstić information content (AvgIpc) is 2.30. The highest BCUT2D eigenvalue weighted by molar-refractivity contribution is 7.91. The van der Waals surface area contributed by atoms with Crippen LogP contribution in [0.3, 0.4) is 0 Å². The first-order chi connectivity index (χ1) is 5.91. The molecule has 1 aliphatic heterocycles. The second-order valence-corrected chi connectivity index (χ2v) is 5.99. The van der Waals surface area contributed by atoms with Crippen molar-refractivity contribution in [2.24, 2.45) is 5.92 Å². The van der Waals surface area contributed by atoms with Crippen molar-refractivity contribution in [1.29, 1.82) is 0 Å². The molecule has 0 bridgehead atoms. The van der Waals surface area contributed by atoms with E-state index in [0.29, 0.717) is 6.42 Å². The number of rotatable bonds is 2. The van der Waals surface area contributed by atoms with E-state index < -0.39 is 9.84 Å². The summed E-state index contributed by atoms with van der Waals surface area (Å²) < 4.78 is 22.1. The Hall–Kier alpha value is -0.580. The predicted octanol–water partition coefficient (Wildman–Crippen LogP) is -0.0543. The molecule has 76 valence electrons. The van der Waals surface area contributed by atoms with Crippen LogP contribution >= 0.6 is 0 Å². The van der Waals surface area contributed by atoms with Crippen LogP contribution in [0, 0.1) is 5.92 Å². The van der Waals surface area contributed by atoms with Crippen LogP contribution in [0.1, 0.15) is 20.3 Å². The van der Waals surface area contributed by atoms with E-state index in [1.54, 1.807) is 13.8 Å². The van der Waals surface area contributed by atoms with Crippen molar-refractivity contribution in [2.45, 2.75) is 26.3 Å². The standard InChI is InChI=1S/C8H15NO3S/c1-6(2)8(10)9-7-3-4-13(11,12)5-7/h6-7H,3-5H2,1-2H3,(H,9,10). The van der Waals surface area contributed by atoms with Crippen LogP contribution in [0.2, 0.25) is 0 Å². The largest absolute Gasteiger partial charge is 0.352 e. The molecule has 13 heavy (non-hydrogen) atoms. The highest BCUT2D eigenvalue weighted by atomic mass is 32.2. The van der Waals surface area contributed by atoms with Gasteiger partial charge in [0.05, 0.1) is 11.5 Å². The van der Waals surface area contributed by atoms with Gasteiger partial charge in [0.2, 0.25) is 5.91 Å². The van der Waals surface area contributed by atoms with Gasteiger partial charge in [-0.05, 0) is 6.42 Å². The Morgan fingerprint density at radius 1 is 1.46 bits per heavy atom. The lowest BCUT2D eigenvalue weighted by molar-refractivity contribution is -0.124. The van der Waals surface area contributed by atoms with Gasteiger partial charge in [-0.1, -0.05) is 13.8 Å². The summed E-state index contributed by atoms with van der Waals surface area (Å²) >= 11 is 0. The molecule has 0 aromatic rings. The fourth-order valence-electron chi connectivity index (χ4n) is 1.28. The van der Waals surface area contributed by atoms with Crippen LogP contribution < -0.4 is 5.32 Å². The molecule has 1 unspecified atom stereocenters. The first kappa shape index (κ1) is 10.5. The van der Waals surface area contributed by atoms with Gasteiger partial charge in [-0.2, -0.15) is 0 Å². The molecule has 1 saturated heterocycles. The van der Waals surface area contributed by atoms with Gasteiger partial charge in [0, 0.05) is 12.0 Å². The molecule has 1 rings (SSSR count). The maximum atomic E-state index is 11.2. The first-order valence-electron chi connectivity index (χ1n) is 4.41. The maximum Gasteiger partial charge on any atom is 0.222 e. The van der Waals surface area contributed by atoms with E-state index in [9.17, 15) is 13.2 Å². The molecule has 0 radical (unpaired) electrons. The summed E-state index contributed by atoms with van der Waals surface area (Å²) in [5.41, 5.74) is 0. The Morgan fingerprint density at radius 3 is 2.46 bits per heavy atom. The minimum atomic E-state index is -2.88. The van der Waals surface area contributed by atoms with Crippen LogP contribution in [-0.2, 0) is 14.6 Å². The van der Waals surface area contributed by atoms with Crippen molar-refractivity contribution in [3.05, 3.63) is 0 Å². The van der Waals surface area contributed by atoms with Crippen LogP contribution in [0.15, 0.2) is 0 Å². The second kappa shape index (κ2) is 3.65. The van der Waals surface area contributed by atoms with Crippen LogP contribution in [-0.4, -0.2) is 31.9 Å². The maximum absolute atomic E-state index is 11.2. The number of carbonyl (C=O) groups is 1. The fraction of sp³-hybridized carbons (Fsp3) is 0.875. The highest BCUT2D eigenvalue weighted by Crippen LogP contribution is 2.11. The lowest BCUT2D eigenvalue weighted by Gasteiger charge is -2.12. The van der Waals surface area contributed by atoms with E-state index in [1.165, 1.54) is 0 Å². The Bertz CT molecular complexity index is 295. The Morgan fingerprint density at radius 2 is 2.08 bits per heavy atom. The zero-order valence-corrected chi connectivity index (χ0v) is 8.73. The Labute approximate surface area is 78.6 Å². The van der Waals surface area contributed by atoms with Crippen LogP contribution in [0.4, 0.5) is 0 Å². The lowest BCUT2D eigenvalue weighted by Crippen LogP contribution is -2.38. The minimum Gasteiger partial charge on any atom is -0.352 e. The summed E-state index contributed by atoms with van der Waals surface area (Å²) in [7, 11) is -2.88. The van der Waals surface area contributed by atoms with Crippen LogP contribution in [0.5, 0.6) is 0 Å². The molecule has 0 aliphatic carbocycles. The smallest absolute Gasteiger partial charge is 0.222 e. The molecule has 0 spiro atoms. The quantitative estimate of drug-likeness (QED) is 0.687. The molecule has 1 N–H and O–H groups in total. The molecule has 5 heteroatoms. The van der Waals surface area contributed by atoms with Gasteiger partial charge in [0.25, 0.3) is 0 Å². The number of carbonyl (C=O) groups excluding carboxylic acids is 1. The van der Waals surface area contributed by atoms with Crippen molar-refractivity contribution in [3.8, 4) is 0 Å². The molecule has 1 amide bonds. The van der Waals surface area contributed by atoms with Gasteiger partial charge in [0.1, 0.15) is 0 Å². The monoisotopic (exact) mass is 205 g/mol. The number of hydrogen-bond acceptors (Lipinski definition) is 3. The molecule has 1 atom stereocenters. The summed E-state index contributed by atoms with van der Waals surface area (Å²) in [6, 6.07) is -0.167. The number of amides is 1. The van der Waals surface area contributed by atoms with Crippen molar-refractivity contribution in [3.63, 3.8) is 0 Å². The molecular weight excluding hydrogens is 190 g/mol. The van der Waals surface area contributed by atoms with Gasteiger partial charge in [0.15, 0.2) is 9.84 Å². The van der Waals surface area contributed by atoms with Gasteiger partial charge in [-0.3, -0.25) is 4.79 Å². The molecule has 1 aliphatic rings. The summed E-state index contributed by atoms with van der Waals surface area (Å²) in [5, 5.41) is 2.72. The normalized spacial score (nSPS) is 26.2. The van der Waals surface area contributed by atoms with Gasteiger partial charge in [-0.15, -0.1) is 0 Å². The van der Waals surface area contributed by atoms with Gasteiger partial charge in [-0.25, -0.2) is 8.42 Å². The van der Waals surface area contributed by atoms with Crippen LogP contribution in [0.25, 0.3) is 0 Å². The molecule has 1 fully saturated rings. The van der Waals surface area contributed by atoms with Crippen molar-refractivity contribution in [1.82, 2.24) is 5.32 Å². The third kappa shape index (κ3) is 2.99. The molecule has 1 heterocycles. The number of nitrogens with one attached hydrogen (secondary N) is 1. The fourth-order valence-corrected chi connectivity index (χ4v) is 2.95. The number of hydrogen-bond donors (Lipinski definition) is 1. The van der Waals surface area contributed by atoms with E-state index in [-0.39, 0.29) is 29.4 Å². The predicted molar refractivity (Wildman–Crippen MR) is 50.0 cm³/mol. The Kier molecular flexibility index (Phi) is 2.95. The van der Waals surface area contributed by atoms with Crippen molar-refractivity contribution < 1.29 is 13.2 Å². The summed E-state index contributed by atoms with van der Waals surface area (Å²) in [6.45, 7) is 3.58. The molecule has 4 nitrogen and oxygen atoms in total. The zero-order chi connectivity index (χ0) is 10.1. The minimum absolute atomic E-state index is 0.0675. The molecule has 0 aromatic carbocycles. The lowest BCUT2D eigenvalue weighted by atomic mass is 10.2. The van der Waals surface area contributed by atoms with Gasteiger partial charge >= 0.3 is 0 Å². The van der Waals surface area contributed by atoms with E-state index in [1.807, 2.05) is 0 Å². The van der Waals surface area contributed by atoms with Crippen molar-refractivity contribution in [2.75, 3.05) is 11.5 Å². The third-order valence-electron chi connectivity index (χ3n) is 2.10. The number of sulfone groups is 1. The average molecular weight is 205 g/mol. The van der Waals surface area contributed by atoms with Crippen molar-refractivity contribution >= 4 is 15.7 Å². The Balaban J connectivity index is 2.46. The summed E-state index contributed by atoms with van der Waals surface area (Å²) in [5.74, 6) is 0.159. The molecular formula is C8H15NO3S. The topological polar surface area (TPSA) is 63.2 Å². The molecule has 0 saturated carbocycles.